The van der Waals surface area contributed by atoms with Crippen molar-refractivity contribution in [2.45, 2.75) is 6.42 Å². The van der Waals surface area contributed by atoms with Gasteiger partial charge in [0, 0.05) is 29.7 Å². The van der Waals surface area contributed by atoms with Crippen LogP contribution in [0.25, 0.3) is 0 Å². The predicted molar refractivity (Wildman–Crippen MR) is 99.9 cm³/mol. The monoisotopic (exact) mass is 382 g/mol. The number of benzene rings is 2. The summed E-state index contributed by atoms with van der Waals surface area (Å²) in [6, 6.07) is 13.4. The van der Waals surface area contributed by atoms with Gasteiger partial charge in [0.15, 0.2) is 0 Å². The van der Waals surface area contributed by atoms with Gasteiger partial charge in [0.25, 0.3) is 0 Å². The lowest BCUT2D eigenvalue weighted by molar-refractivity contribution is -0.116. The van der Waals surface area contributed by atoms with Crippen LogP contribution in [0, 0.1) is 0 Å². The number of hydrogen-bond donors (Lipinski definition) is 1. The maximum absolute atomic E-state index is 12.1. The van der Waals surface area contributed by atoms with Gasteiger partial charge >= 0.3 is 0 Å². The lowest BCUT2D eigenvalue weighted by Crippen LogP contribution is -2.33. The minimum Gasteiger partial charge on any atom is -0.497 e. The van der Waals surface area contributed by atoms with Crippen molar-refractivity contribution in [2.24, 2.45) is 0 Å². The van der Waals surface area contributed by atoms with Crippen LogP contribution in [-0.4, -0.2) is 34.2 Å². The van der Waals surface area contributed by atoms with Gasteiger partial charge in [-0.1, -0.05) is 23.7 Å². The number of sulfonamides is 1. The minimum atomic E-state index is -3.54. The Hall–Kier alpha value is -2.25. The molecule has 0 aromatic heterocycles. The number of carbonyl (C=O) groups is 1. The lowest BCUT2D eigenvalue weighted by Gasteiger charge is -2.22. The van der Waals surface area contributed by atoms with Gasteiger partial charge in [-0.05, 0) is 30.3 Å². The molecule has 0 atom stereocenters. The molecule has 8 heteroatoms. The molecule has 6 nitrogen and oxygen atoms in total. The van der Waals surface area contributed by atoms with Crippen LogP contribution in [0.5, 0.6) is 5.75 Å². The summed E-state index contributed by atoms with van der Waals surface area (Å²) >= 11 is 5.87. The van der Waals surface area contributed by atoms with E-state index in [9.17, 15) is 13.2 Å². The van der Waals surface area contributed by atoms with Crippen LogP contribution < -0.4 is 14.4 Å². The van der Waals surface area contributed by atoms with Gasteiger partial charge in [-0.3, -0.25) is 9.10 Å². The first-order valence-corrected chi connectivity index (χ1v) is 9.69. The summed E-state index contributed by atoms with van der Waals surface area (Å²) in [7, 11) is -2.04. The number of ether oxygens (including phenoxy) is 1. The number of hydrogen-bond acceptors (Lipinski definition) is 4. The summed E-state index contributed by atoms with van der Waals surface area (Å²) in [5, 5.41) is 3.20. The van der Waals surface area contributed by atoms with E-state index in [1.807, 2.05) is 0 Å². The number of halogens is 1. The molecule has 0 bridgehead atoms. The molecular weight excluding hydrogens is 364 g/mol. The van der Waals surface area contributed by atoms with Crippen LogP contribution in [0.15, 0.2) is 48.5 Å². The van der Waals surface area contributed by atoms with E-state index in [-0.39, 0.29) is 18.9 Å². The van der Waals surface area contributed by atoms with Crippen molar-refractivity contribution in [1.82, 2.24) is 0 Å². The Morgan fingerprint density at radius 3 is 2.56 bits per heavy atom. The average Bonchev–Trinajstić information content (AvgIpc) is 2.54. The second kappa shape index (κ2) is 8.22. The van der Waals surface area contributed by atoms with Crippen molar-refractivity contribution >= 4 is 38.9 Å². The summed E-state index contributed by atoms with van der Waals surface area (Å²) in [4.78, 5) is 12.1. The molecule has 0 spiro atoms. The fraction of sp³-hybridized carbons (Fsp3) is 0.235. The van der Waals surface area contributed by atoms with Crippen molar-refractivity contribution in [3.63, 3.8) is 0 Å². The summed E-state index contributed by atoms with van der Waals surface area (Å²) < 4.78 is 30.5. The van der Waals surface area contributed by atoms with E-state index in [2.05, 4.69) is 5.32 Å². The highest BCUT2D eigenvalue weighted by Gasteiger charge is 2.19. The highest BCUT2D eigenvalue weighted by atomic mass is 35.5. The second-order valence-corrected chi connectivity index (χ2v) is 7.69. The first kappa shape index (κ1) is 19.1. The Bertz CT molecular complexity index is 855. The molecule has 0 saturated heterocycles. The van der Waals surface area contributed by atoms with E-state index >= 15 is 0 Å². The van der Waals surface area contributed by atoms with Crippen molar-refractivity contribution in [2.75, 3.05) is 29.5 Å². The third kappa shape index (κ3) is 5.65. The standard InChI is InChI=1S/C17H19ClN2O4S/c1-24-16-8-4-7-15(12-16)20(25(2,22)23)10-9-17(21)19-14-6-3-5-13(18)11-14/h3-8,11-12H,9-10H2,1-2H3,(H,19,21). The maximum atomic E-state index is 12.1. The molecule has 0 heterocycles. The van der Waals surface area contributed by atoms with Crippen LogP contribution in [0.1, 0.15) is 6.42 Å². The quantitative estimate of drug-likeness (QED) is 0.798. The molecule has 0 aliphatic carbocycles. The molecule has 0 unspecified atom stereocenters. The Balaban J connectivity index is 2.09. The smallest absolute Gasteiger partial charge is 0.232 e. The van der Waals surface area contributed by atoms with Crippen LogP contribution >= 0.6 is 11.6 Å². The number of methoxy groups -OCH3 is 1. The van der Waals surface area contributed by atoms with E-state index in [1.54, 1.807) is 48.5 Å². The SMILES string of the molecule is COc1cccc(N(CCC(=O)Nc2cccc(Cl)c2)S(C)(=O)=O)c1. The van der Waals surface area contributed by atoms with E-state index in [0.29, 0.717) is 22.1 Å². The topological polar surface area (TPSA) is 75.7 Å². The van der Waals surface area contributed by atoms with Gasteiger partial charge in [-0.2, -0.15) is 0 Å². The van der Waals surface area contributed by atoms with Crippen LogP contribution in [-0.2, 0) is 14.8 Å². The zero-order valence-electron chi connectivity index (χ0n) is 13.9. The third-order valence-electron chi connectivity index (χ3n) is 3.39. The molecule has 2 rings (SSSR count). The van der Waals surface area contributed by atoms with E-state index in [1.165, 1.54) is 11.4 Å². The predicted octanol–water partition coefficient (Wildman–Crippen LogP) is 3.14. The molecule has 0 saturated carbocycles. The van der Waals surface area contributed by atoms with Crippen molar-refractivity contribution in [3.05, 3.63) is 53.6 Å². The van der Waals surface area contributed by atoms with Gasteiger partial charge in [0.1, 0.15) is 5.75 Å². The van der Waals surface area contributed by atoms with Gasteiger partial charge < -0.3 is 10.1 Å². The molecular formula is C17H19ClN2O4S. The Kier molecular flexibility index (Phi) is 6.27. The zero-order chi connectivity index (χ0) is 18.4. The molecule has 2 aromatic carbocycles. The number of rotatable bonds is 7. The van der Waals surface area contributed by atoms with Gasteiger partial charge in [0.2, 0.25) is 15.9 Å². The van der Waals surface area contributed by atoms with Gasteiger partial charge in [-0.15, -0.1) is 0 Å². The Labute approximate surface area is 152 Å². The Morgan fingerprint density at radius 2 is 1.92 bits per heavy atom. The van der Waals surface area contributed by atoms with E-state index < -0.39 is 10.0 Å². The third-order valence-corrected chi connectivity index (χ3v) is 4.82. The first-order valence-electron chi connectivity index (χ1n) is 7.47. The lowest BCUT2D eigenvalue weighted by atomic mass is 10.2. The molecule has 2 aromatic rings. The fourth-order valence-electron chi connectivity index (χ4n) is 2.24. The molecule has 0 aliphatic heterocycles. The van der Waals surface area contributed by atoms with Crippen molar-refractivity contribution in [1.29, 1.82) is 0 Å². The van der Waals surface area contributed by atoms with E-state index in [0.717, 1.165) is 6.26 Å². The maximum Gasteiger partial charge on any atom is 0.232 e. The van der Waals surface area contributed by atoms with Crippen LogP contribution in [0.3, 0.4) is 0 Å². The van der Waals surface area contributed by atoms with Gasteiger partial charge in [-0.25, -0.2) is 8.42 Å². The highest BCUT2D eigenvalue weighted by Crippen LogP contribution is 2.23. The Morgan fingerprint density at radius 1 is 1.20 bits per heavy atom. The molecule has 1 amide bonds. The van der Waals surface area contributed by atoms with Crippen molar-refractivity contribution in [3.8, 4) is 5.75 Å². The normalized spacial score (nSPS) is 11.0. The summed E-state index contributed by atoms with van der Waals surface area (Å²) in [5.41, 5.74) is 1.00. The number of carbonyl (C=O) groups excluding carboxylic acids is 1. The molecule has 0 aliphatic rings. The minimum absolute atomic E-state index is 0.00318. The zero-order valence-corrected chi connectivity index (χ0v) is 15.5. The number of nitrogens with zero attached hydrogens (tertiary/aromatic N) is 1. The van der Waals surface area contributed by atoms with Crippen molar-refractivity contribution < 1.29 is 17.9 Å². The molecule has 25 heavy (non-hydrogen) atoms. The molecule has 0 fully saturated rings. The van der Waals surface area contributed by atoms with Gasteiger partial charge in [0.05, 0.1) is 19.1 Å². The molecule has 134 valence electrons. The average molecular weight is 383 g/mol. The largest absolute Gasteiger partial charge is 0.497 e. The van der Waals surface area contributed by atoms with E-state index in [4.69, 9.17) is 16.3 Å². The first-order chi connectivity index (χ1) is 11.8. The summed E-state index contributed by atoms with van der Waals surface area (Å²) in [5.74, 6) is 0.230. The van der Waals surface area contributed by atoms with Crippen LogP contribution in [0.4, 0.5) is 11.4 Å². The second-order valence-electron chi connectivity index (χ2n) is 5.35. The van der Waals surface area contributed by atoms with Crippen LogP contribution in [0.2, 0.25) is 5.02 Å². The summed E-state index contributed by atoms with van der Waals surface area (Å²) in [6.45, 7) is 0.0123. The number of anilines is 2. The fourth-order valence-corrected chi connectivity index (χ4v) is 3.35. The number of amides is 1. The molecule has 0 radical (unpaired) electrons. The molecule has 1 N–H and O–H groups in total. The summed E-state index contributed by atoms with van der Waals surface area (Å²) in [6.07, 6.45) is 1.10. The highest BCUT2D eigenvalue weighted by molar-refractivity contribution is 7.92. The number of nitrogens with one attached hydrogen (secondary N) is 1.